The van der Waals surface area contributed by atoms with Crippen molar-refractivity contribution >= 4 is 30.6 Å². The Morgan fingerprint density at radius 2 is 1.87 bits per heavy atom. The van der Waals surface area contributed by atoms with Gasteiger partial charge < -0.3 is 10.6 Å². The summed E-state index contributed by atoms with van der Waals surface area (Å²) < 4.78 is 0. The van der Waals surface area contributed by atoms with Crippen molar-refractivity contribution in [2.24, 2.45) is 5.73 Å². The van der Waals surface area contributed by atoms with Crippen LogP contribution in [0.2, 0.25) is 0 Å². The van der Waals surface area contributed by atoms with Crippen molar-refractivity contribution in [2.45, 2.75) is 56.9 Å². The van der Waals surface area contributed by atoms with Gasteiger partial charge in [-0.1, -0.05) is 11.6 Å². The van der Waals surface area contributed by atoms with Gasteiger partial charge in [0, 0.05) is 42.7 Å². The fraction of sp³-hybridized carbons (Fsp3) is 0.647. The summed E-state index contributed by atoms with van der Waals surface area (Å²) in [6.45, 7) is 4.28. The molecule has 0 amide bonds. The van der Waals surface area contributed by atoms with E-state index >= 15 is 0 Å². The van der Waals surface area contributed by atoms with Gasteiger partial charge >= 0.3 is 0 Å². The molecule has 0 saturated heterocycles. The van der Waals surface area contributed by atoms with E-state index < -0.39 is 0 Å². The van der Waals surface area contributed by atoms with E-state index in [1.807, 2.05) is 0 Å². The molecule has 2 fully saturated rings. The molecule has 3 aliphatic rings. The number of aromatic nitrogens is 2. The number of halogens is 2. The van der Waals surface area contributed by atoms with Crippen LogP contribution in [0.3, 0.4) is 0 Å². The molecule has 0 bridgehead atoms. The molecule has 23 heavy (non-hydrogen) atoms. The van der Waals surface area contributed by atoms with Crippen molar-refractivity contribution < 1.29 is 0 Å². The molecule has 2 N–H and O–H groups in total. The van der Waals surface area contributed by atoms with Crippen LogP contribution in [0.4, 0.5) is 5.82 Å². The van der Waals surface area contributed by atoms with Gasteiger partial charge in [-0.2, -0.15) is 0 Å². The average molecular weight is 357 g/mol. The van der Waals surface area contributed by atoms with Crippen molar-refractivity contribution in [3.63, 3.8) is 0 Å². The Balaban J connectivity index is 0.000000960. The number of nitrogens with two attached hydrogens (primary N) is 1. The number of anilines is 1. The van der Waals surface area contributed by atoms with Crippen molar-refractivity contribution in [2.75, 3.05) is 18.0 Å². The van der Waals surface area contributed by atoms with Crippen LogP contribution in [0.25, 0.3) is 0 Å². The quantitative estimate of drug-likeness (QED) is 0.841. The first-order valence-electron chi connectivity index (χ1n) is 8.24. The minimum absolute atomic E-state index is 0. The summed E-state index contributed by atoms with van der Waals surface area (Å²) in [5, 5.41) is 0. The first-order chi connectivity index (χ1) is 10.2. The largest absolute Gasteiger partial charge is 0.352 e. The normalized spacial score (nSPS) is 26.5. The molecule has 2 saturated carbocycles. The van der Waals surface area contributed by atoms with Crippen LogP contribution in [0.1, 0.15) is 62.4 Å². The molecule has 0 aromatic carbocycles. The van der Waals surface area contributed by atoms with Gasteiger partial charge in [0.1, 0.15) is 11.6 Å². The number of hydrogen-bond acceptors (Lipinski definition) is 4. The maximum atomic E-state index is 5.95. The van der Waals surface area contributed by atoms with Gasteiger partial charge in [-0.3, -0.25) is 0 Å². The van der Waals surface area contributed by atoms with Gasteiger partial charge in [0.05, 0.1) is 0 Å². The van der Waals surface area contributed by atoms with E-state index in [-0.39, 0.29) is 24.8 Å². The molecule has 128 valence electrons. The molecular weight excluding hydrogens is 331 g/mol. The summed E-state index contributed by atoms with van der Waals surface area (Å²) in [5.41, 5.74) is 8.68. The standard InChI is InChI=1S/C17H24N4.2ClH/c1-11-4-6-21(7-5-11)16-10-15(13-8-14(18)9-13)19-17(20-16)12-2-3-12;;/h4,10,12-14H,2-3,5-9,18H2,1H3;2*1H. The molecule has 0 spiro atoms. The van der Waals surface area contributed by atoms with Crippen LogP contribution in [-0.2, 0) is 0 Å². The minimum atomic E-state index is 0. The summed E-state index contributed by atoms with van der Waals surface area (Å²) in [5.74, 6) is 3.38. The van der Waals surface area contributed by atoms with E-state index in [4.69, 9.17) is 15.7 Å². The SMILES string of the molecule is CC1=CCN(c2cc(C3CC(N)C3)nc(C3CC3)n2)CC1.Cl.Cl. The van der Waals surface area contributed by atoms with Crippen molar-refractivity contribution in [3.05, 3.63) is 29.2 Å². The maximum absolute atomic E-state index is 5.95. The molecule has 1 aromatic heterocycles. The van der Waals surface area contributed by atoms with Crippen LogP contribution >= 0.6 is 24.8 Å². The van der Waals surface area contributed by atoms with E-state index in [1.54, 1.807) is 0 Å². The molecule has 0 radical (unpaired) electrons. The highest BCUT2D eigenvalue weighted by Crippen LogP contribution is 2.41. The van der Waals surface area contributed by atoms with E-state index in [2.05, 4.69) is 24.0 Å². The maximum Gasteiger partial charge on any atom is 0.134 e. The Labute approximate surface area is 150 Å². The molecule has 4 rings (SSSR count). The third-order valence-corrected chi connectivity index (χ3v) is 5.05. The summed E-state index contributed by atoms with van der Waals surface area (Å²) in [4.78, 5) is 12.1. The van der Waals surface area contributed by atoms with Crippen molar-refractivity contribution in [1.29, 1.82) is 0 Å². The van der Waals surface area contributed by atoms with E-state index in [0.29, 0.717) is 17.9 Å². The van der Waals surface area contributed by atoms with Crippen LogP contribution in [0.5, 0.6) is 0 Å². The van der Waals surface area contributed by atoms with Gasteiger partial charge in [-0.15, -0.1) is 24.8 Å². The Hall–Kier alpha value is -0.840. The third-order valence-electron chi connectivity index (χ3n) is 5.05. The van der Waals surface area contributed by atoms with Crippen LogP contribution in [0.15, 0.2) is 17.7 Å². The van der Waals surface area contributed by atoms with Crippen LogP contribution in [-0.4, -0.2) is 29.1 Å². The fourth-order valence-corrected chi connectivity index (χ4v) is 3.25. The molecule has 2 heterocycles. The van der Waals surface area contributed by atoms with Gasteiger partial charge in [-0.25, -0.2) is 9.97 Å². The Kier molecular flexibility index (Phi) is 5.93. The highest BCUT2D eigenvalue weighted by molar-refractivity contribution is 5.85. The first kappa shape index (κ1) is 18.5. The highest BCUT2D eigenvalue weighted by Gasteiger charge is 2.32. The number of rotatable bonds is 3. The molecular formula is C17H26Cl2N4. The molecule has 6 heteroatoms. The Bertz CT molecular complexity index is 580. The third kappa shape index (κ3) is 3.98. The predicted octanol–water partition coefficient (Wildman–Crippen LogP) is 3.56. The molecule has 0 unspecified atom stereocenters. The molecule has 2 aliphatic carbocycles. The number of hydrogen-bond donors (Lipinski definition) is 1. The topological polar surface area (TPSA) is 55.0 Å². The van der Waals surface area contributed by atoms with Crippen LogP contribution in [0, 0.1) is 0 Å². The van der Waals surface area contributed by atoms with Crippen molar-refractivity contribution in [3.8, 4) is 0 Å². The molecule has 1 aromatic rings. The first-order valence-corrected chi connectivity index (χ1v) is 8.24. The average Bonchev–Trinajstić information content (AvgIpc) is 3.29. The zero-order chi connectivity index (χ0) is 14.4. The zero-order valence-corrected chi connectivity index (χ0v) is 15.2. The zero-order valence-electron chi connectivity index (χ0n) is 13.6. The second-order valence-corrected chi connectivity index (χ2v) is 6.96. The summed E-state index contributed by atoms with van der Waals surface area (Å²) in [7, 11) is 0. The second-order valence-electron chi connectivity index (χ2n) is 6.96. The second kappa shape index (κ2) is 7.37. The van der Waals surface area contributed by atoms with E-state index in [0.717, 1.165) is 44.0 Å². The lowest BCUT2D eigenvalue weighted by Crippen LogP contribution is -2.35. The van der Waals surface area contributed by atoms with Crippen LogP contribution < -0.4 is 10.6 Å². The highest BCUT2D eigenvalue weighted by atomic mass is 35.5. The summed E-state index contributed by atoms with van der Waals surface area (Å²) >= 11 is 0. The molecule has 4 nitrogen and oxygen atoms in total. The lowest BCUT2D eigenvalue weighted by molar-refractivity contribution is 0.344. The number of nitrogens with zero attached hydrogens (tertiary/aromatic N) is 3. The minimum Gasteiger partial charge on any atom is -0.352 e. The van der Waals surface area contributed by atoms with Gasteiger partial charge in [0.25, 0.3) is 0 Å². The van der Waals surface area contributed by atoms with E-state index in [9.17, 15) is 0 Å². The lowest BCUT2D eigenvalue weighted by Gasteiger charge is -2.33. The predicted molar refractivity (Wildman–Crippen MR) is 99.0 cm³/mol. The molecule has 1 aliphatic heterocycles. The van der Waals surface area contributed by atoms with Gasteiger partial charge in [0.2, 0.25) is 0 Å². The Morgan fingerprint density at radius 3 is 2.43 bits per heavy atom. The fourth-order valence-electron chi connectivity index (χ4n) is 3.25. The van der Waals surface area contributed by atoms with Gasteiger partial charge in [-0.05, 0) is 39.0 Å². The molecule has 0 atom stereocenters. The van der Waals surface area contributed by atoms with E-state index in [1.165, 1.54) is 24.1 Å². The summed E-state index contributed by atoms with van der Waals surface area (Å²) in [6.07, 6.45) is 8.14. The monoisotopic (exact) mass is 356 g/mol. The lowest BCUT2D eigenvalue weighted by atomic mass is 9.78. The smallest absolute Gasteiger partial charge is 0.134 e. The van der Waals surface area contributed by atoms with Crippen molar-refractivity contribution in [1.82, 2.24) is 9.97 Å². The van der Waals surface area contributed by atoms with Gasteiger partial charge in [0.15, 0.2) is 0 Å². The Morgan fingerprint density at radius 1 is 1.13 bits per heavy atom. The summed E-state index contributed by atoms with van der Waals surface area (Å²) in [6, 6.07) is 2.59.